The van der Waals surface area contributed by atoms with Gasteiger partial charge >= 0.3 is 0 Å². The molecular weight excluding hydrogens is 405 g/mol. The summed E-state index contributed by atoms with van der Waals surface area (Å²) in [6, 6.07) is 9.28. The second-order valence-corrected chi connectivity index (χ2v) is 8.37. The average Bonchev–Trinajstić information content (AvgIpc) is 3.28. The van der Waals surface area contributed by atoms with E-state index >= 15 is 0 Å². The molecule has 2 amide bonds. The predicted molar refractivity (Wildman–Crippen MR) is 111 cm³/mol. The van der Waals surface area contributed by atoms with Crippen LogP contribution in [0, 0.1) is 0 Å². The lowest BCUT2D eigenvalue weighted by Crippen LogP contribution is -2.41. The average molecular weight is 426 g/mol. The van der Waals surface area contributed by atoms with Gasteiger partial charge in [0.05, 0.1) is 34.9 Å². The Balaban J connectivity index is 1.55. The van der Waals surface area contributed by atoms with Gasteiger partial charge in [-0.05, 0) is 43.5 Å². The van der Waals surface area contributed by atoms with Crippen LogP contribution in [0.4, 0.5) is 5.69 Å². The number of amides is 2. The van der Waals surface area contributed by atoms with Crippen molar-refractivity contribution in [3.8, 4) is 0 Å². The van der Waals surface area contributed by atoms with Crippen LogP contribution in [-0.4, -0.2) is 48.3 Å². The second kappa shape index (κ2) is 9.06. The van der Waals surface area contributed by atoms with E-state index < -0.39 is 0 Å². The van der Waals surface area contributed by atoms with E-state index in [4.69, 9.17) is 23.2 Å². The minimum absolute atomic E-state index is 0.0389. The Morgan fingerprint density at radius 2 is 1.96 bits per heavy atom. The van der Waals surface area contributed by atoms with Gasteiger partial charge in [0.15, 0.2) is 0 Å². The number of nitrogens with one attached hydrogen (secondary N) is 1. The molecule has 0 radical (unpaired) electrons. The van der Waals surface area contributed by atoms with Crippen LogP contribution in [0.2, 0.25) is 10.0 Å². The first-order chi connectivity index (χ1) is 13.0. The number of carbonyl (C=O) groups is 2. The Bertz CT molecular complexity index is 793. The van der Waals surface area contributed by atoms with Gasteiger partial charge in [0.25, 0.3) is 0 Å². The summed E-state index contributed by atoms with van der Waals surface area (Å²) in [5, 5.41) is 5.51. The molecule has 1 aromatic carbocycles. The molecule has 2 aromatic rings. The zero-order valence-corrected chi connectivity index (χ0v) is 17.3. The van der Waals surface area contributed by atoms with Crippen LogP contribution in [0.25, 0.3) is 0 Å². The number of carbonyl (C=O) groups excluding carboxylic acids is 2. The third-order valence-electron chi connectivity index (χ3n) is 4.49. The number of anilines is 1. The molecular formula is C19H21Cl2N3O2S. The summed E-state index contributed by atoms with van der Waals surface area (Å²) in [4.78, 5) is 29.9. The minimum Gasteiger partial charge on any atom is -0.334 e. The second-order valence-electron chi connectivity index (χ2n) is 6.58. The smallest absolute Gasteiger partial charge is 0.238 e. The first kappa shape index (κ1) is 20.1. The number of likely N-dealkylation sites (N-methyl/N-ethyl adjacent to an activating group) is 1. The van der Waals surface area contributed by atoms with Gasteiger partial charge in [-0.1, -0.05) is 35.3 Å². The lowest BCUT2D eigenvalue weighted by molar-refractivity contribution is -0.133. The summed E-state index contributed by atoms with van der Waals surface area (Å²) in [6.45, 7) is 1.02. The highest BCUT2D eigenvalue weighted by Crippen LogP contribution is 2.34. The number of nitrogens with zero attached hydrogens (tertiary/aromatic N) is 2. The summed E-state index contributed by atoms with van der Waals surface area (Å²) in [5.74, 6) is -0.228. The summed E-state index contributed by atoms with van der Waals surface area (Å²) in [5.41, 5.74) is 0.392. The van der Waals surface area contributed by atoms with Crippen molar-refractivity contribution in [2.24, 2.45) is 0 Å². The van der Waals surface area contributed by atoms with Gasteiger partial charge in [-0.15, -0.1) is 11.3 Å². The van der Waals surface area contributed by atoms with E-state index in [-0.39, 0.29) is 30.9 Å². The van der Waals surface area contributed by atoms with E-state index in [0.717, 1.165) is 19.4 Å². The summed E-state index contributed by atoms with van der Waals surface area (Å²) in [7, 11) is 1.75. The summed E-state index contributed by atoms with van der Waals surface area (Å²) in [6.07, 6.45) is 1.99. The Kier molecular flexibility index (Phi) is 6.76. The van der Waals surface area contributed by atoms with E-state index in [1.807, 2.05) is 16.3 Å². The number of rotatable bonds is 6. The third-order valence-corrected chi connectivity index (χ3v) is 6.09. The molecule has 0 saturated carbocycles. The Morgan fingerprint density at radius 3 is 2.63 bits per heavy atom. The topological polar surface area (TPSA) is 52.7 Å². The highest BCUT2D eigenvalue weighted by molar-refractivity contribution is 7.10. The minimum atomic E-state index is -0.267. The van der Waals surface area contributed by atoms with Gasteiger partial charge in [0, 0.05) is 11.4 Å². The van der Waals surface area contributed by atoms with E-state index in [2.05, 4.69) is 11.4 Å². The lowest BCUT2D eigenvalue weighted by atomic mass is 10.2. The molecule has 5 nitrogen and oxygen atoms in total. The van der Waals surface area contributed by atoms with Crippen molar-refractivity contribution < 1.29 is 9.59 Å². The van der Waals surface area contributed by atoms with Crippen LogP contribution in [0.3, 0.4) is 0 Å². The molecule has 3 rings (SSSR count). The third kappa shape index (κ3) is 5.02. The molecule has 0 unspecified atom stereocenters. The molecule has 0 spiro atoms. The normalized spacial score (nSPS) is 16.7. The standard InChI is InChI=1S/C19H21Cl2N3O2S/c1-23(11-17(25)22-19-13(20)5-2-6-14(19)21)12-18(26)24-9-3-7-15(24)16-8-4-10-27-16/h2,4-6,8,10,15H,3,7,9,11-12H2,1H3,(H,22,25)/t15-/m1/s1. The van der Waals surface area contributed by atoms with Crippen molar-refractivity contribution in [3.63, 3.8) is 0 Å². The number of para-hydroxylation sites is 1. The molecule has 1 saturated heterocycles. The fraction of sp³-hybridized carbons (Fsp3) is 0.368. The van der Waals surface area contributed by atoms with E-state index in [0.29, 0.717) is 15.7 Å². The van der Waals surface area contributed by atoms with Crippen molar-refractivity contribution in [2.75, 3.05) is 32.0 Å². The molecule has 0 aliphatic carbocycles. The highest BCUT2D eigenvalue weighted by Gasteiger charge is 2.31. The van der Waals surface area contributed by atoms with Crippen molar-refractivity contribution in [3.05, 3.63) is 50.6 Å². The zero-order valence-electron chi connectivity index (χ0n) is 15.0. The van der Waals surface area contributed by atoms with Crippen LogP contribution in [0.15, 0.2) is 35.7 Å². The highest BCUT2D eigenvalue weighted by atomic mass is 35.5. The van der Waals surface area contributed by atoms with Gasteiger partial charge in [0.1, 0.15) is 0 Å². The van der Waals surface area contributed by atoms with Crippen molar-refractivity contribution in [1.82, 2.24) is 9.80 Å². The van der Waals surface area contributed by atoms with Gasteiger partial charge in [0.2, 0.25) is 11.8 Å². The SMILES string of the molecule is CN(CC(=O)Nc1c(Cl)cccc1Cl)CC(=O)N1CCC[C@@H]1c1cccs1. The molecule has 1 aromatic heterocycles. The van der Waals surface area contributed by atoms with Gasteiger partial charge in [-0.25, -0.2) is 0 Å². The fourth-order valence-corrected chi connectivity index (χ4v) is 4.63. The molecule has 1 fully saturated rings. The van der Waals surface area contributed by atoms with Crippen LogP contribution in [0.5, 0.6) is 0 Å². The van der Waals surface area contributed by atoms with Crippen molar-refractivity contribution in [2.45, 2.75) is 18.9 Å². The maximum absolute atomic E-state index is 12.7. The molecule has 1 aliphatic heterocycles. The van der Waals surface area contributed by atoms with Gasteiger partial charge in [-0.2, -0.15) is 0 Å². The van der Waals surface area contributed by atoms with Crippen LogP contribution in [0.1, 0.15) is 23.8 Å². The molecule has 0 bridgehead atoms. The quantitative estimate of drug-likeness (QED) is 0.750. The molecule has 1 aliphatic rings. The number of hydrogen-bond acceptors (Lipinski definition) is 4. The van der Waals surface area contributed by atoms with E-state index in [1.165, 1.54) is 4.88 Å². The molecule has 2 heterocycles. The van der Waals surface area contributed by atoms with Crippen LogP contribution < -0.4 is 5.32 Å². The Labute approximate surface area is 172 Å². The number of halogens is 2. The van der Waals surface area contributed by atoms with E-state index in [1.54, 1.807) is 41.5 Å². The molecule has 1 N–H and O–H groups in total. The number of thiophene rings is 1. The van der Waals surface area contributed by atoms with E-state index in [9.17, 15) is 9.59 Å². The molecule has 27 heavy (non-hydrogen) atoms. The maximum atomic E-state index is 12.7. The number of likely N-dealkylation sites (tertiary alicyclic amines) is 1. The van der Waals surface area contributed by atoms with Crippen molar-refractivity contribution in [1.29, 1.82) is 0 Å². The molecule has 144 valence electrons. The Morgan fingerprint density at radius 1 is 1.22 bits per heavy atom. The zero-order chi connectivity index (χ0) is 19.4. The first-order valence-corrected chi connectivity index (χ1v) is 10.3. The van der Waals surface area contributed by atoms with Gasteiger partial charge < -0.3 is 10.2 Å². The van der Waals surface area contributed by atoms with Gasteiger partial charge in [-0.3, -0.25) is 14.5 Å². The maximum Gasteiger partial charge on any atom is 0.238 e. The Hall–Kier alpha value is -1.60. The lowest BCUT2D eigenvalue weighted by Gasteiger charge is -2.26. The molecule has 8 heteroatoms. The number of hydrogen-bond donors (Lipinski definition) is 1. The monoisotopic (exact) mass is 425 g/mol. The van der Waals surface area contributed by atoms with Crippen LogP contribution in [-0.2, 0) is 9.59 Å². The largest absolute Gasteiger partial charge is 0.334 e. The van der Waals surface area contributed by atoms with Crippen molar-refractivity contribution >= 4 is 52.0 Å². The molecule has 1 atom stereocenters. The first-order valence-electron chi connectivity index (χ1n) is 8.71. The summed E-state index contributed by atoms with van der Waals surface area (Å²) < 4.78 is 0. The fourth-order valence-electron chi connectivity index (χ4n) is 3.26. The summed E-state index contributed by atoms with van der Waals surface area (Å²) >= 11 is 13.8. The van der Waals surface area contributed by atoms with Crippen LogP contribution >= 0.6 is 34.5 Å². The number of benzene rings is 1. The predicted octanol–water partition coefficient (Wildman–Crippen LogP) is 4.29.